The maximum absolute atomic E-state index is 12.8. The molecule has 1 atom stereocenters. The molecule has 1 aromatic carbocycles. The Morgan fingerprint density at radius 2 is 2.04 bits per heavy atom. The fourth-order valence-corrected chi connectivity index (χ4v) is 4.36. The third-order valence-corrected chi connectivity index (χ3v) is 5.82. The molecule has 1 aliphatic rings. The first kappa shape index (κ1) is 17.9. The number of carbonyl (C=O) groups is 1. The average Bonchev–Trinajstić information content (AvgIpc) is 3.26. The van der Waals surface area contributed by atoms with Crippen LogP contribution in [0.15, 0.2) is 35.7 Å². The van der Waals surface area contributed by atoms with Gasteiger partial charge in [-0.15, -0.1) is 21.5 Å². The highest BCUT2D eigenvalue weighted by Gasteiger charge is 2.30. The molecule has 7 heteroatoms. The molecule has 0 saturated heterocycles. The summed E-state index contributed by atoms with van der Waals surface area (Å²) in [4.78, 5) is 19.2. The number of amides is 1. The van der Waals surface area contributed by atoms with Crippen molar-refractivity contribution in [1.29, 1.82) is 0 Å². The van der Waals surface area contributed by atoms with E-state index < -0.39 is 0 Å². The van der Waals surface area contributed by atoms with Gasteiger partial charge >= 0.3 is 0 Å². The summed E-state index contributed by atoms with van der Waals surface area (Å²) in [5.41, 5.74) is 2.26. The molecule has 2 aromatic heterocycles. The maximum atomic E-state index is 12.8. The summed E-state index contributed by atoms with van der Waals surface area (Å²) in [7, 11) is 0. The normalized spacial score (nSPS) is 16.4. The largest absolute Gasteiger partial charge is 0.333 e. The van der Waals surface area contributed by atoms with Crippen LogP contribution in [0.5, 0.6) is 0 Å². The second-order valence-electron chi connectivity index (χ2n) is 7.01. The van der Waals surface area contributed by atoms with Crippen LogP contribution in [0.1, 0.15) is 40.4 Å². The number of fused-ring (bicyclic) bond motifs is 1. The molecule has 0 aliphatic carbocycles. The zero-order valence-corrected chi connectivity index (χ0v) is 16.4. The Kier molecular flexibility index (Phi) is 5.03. The van der Waals surface area contributed by atoms with E-state index in [4.69, 9.17) is 0 Å². The van der Waals surface area contributed by atoms with Crippen molar-refractivity contribution in [2.45, 2.75) is 45.7 Å². The van der Waals surface area contributed by atoms with E-state index in [1.807, 2.05) is 30.2 Å². The number of hydrogen-bond acceptors (Lipinski definition) is 5. The molecule has 6 nitrogen and oxygen atoms in total. The number of aromatic nitrogens is 4. The van der Waals surface area contributed by atoms with E-state index in [-0.39, 0.29) is 11.9 Å². The van der Waals surface area contributed by atoms with Gasteiger partial charge < -0.3 is 9.47 Å². The lowest BCUT2D eigenvalue weighted by Crippen LogP contribution is -2.42. The van der Waals surface area contributed by atoms with E-state index in [0.29, 0.717) is 25.9 Å². The number of thiazole rings is 1. The molecule has 0 fully saturated rings. The van der Waals surface area contributed by atoms with Crippen LogP contribution < -0.4 is 0 Å². The van der Waals surface area contributed by atoms with Gasteiger partial charge in [0.05, 0.1) is 23.3 Å². The van der Waals surface area contributed by atoms with Crippen LogP contribution in [0.25, 0.3) is 0 Å². The van der Waals surface area contributed by atoms with E-state index in [9.17, 15) is 4.79 Å². The van der Waals surface area contributed by atoms with Crippen LogP contribution >= 0.6 is 11.3 Å². The first-order chi connectivity index (χ1) is 13.1. The Hall–Kier alpha value is -2.54. The van der Waals surface area contributed by atoms with Crippen LogP contribution in [0.2, 0.25) is 0 Å². The molecule has 3 aromatic rings. The summed E-state index contributed by atoms with van der Waals surface area (Å²) in [5.74, 6) is 1.94. The fraction of sp³-hybridized carbons (Fsp3) is 0.400. The van der Waals surface area contributed by atoms with Crippen LogP contribution in [-0.2, 0) is 24.2 Å². The highest BCUT2D eigenvalue weighted by Crippen LogP contribution is 2.25. The summed E-state index contributed by atoms with van der Waals surface area (Å²) < 4.78 is 2.20. The SMILES string of the molecule is Cc1nc(CCC(=O)N2Cc3nnc(C)n3[C@H](Cc3ccccc3)C2)cs1. The molecule has 140 valence electrons. The summed E-state index contributed by atoms with van der Waals surface area (Å²) in [6.07, 6.45) is 2.03. The molecule has 0 saturated carbocycles. The Morgan fingerprint density at radius 1 is 1.22 bits per heavy atom. The average molecular weight is 382 g/mol. The van der Waals surface area contributed by atoms with Gasteiger partial charge in [-0.25, -0.2) is 4.98 Å². The molecule has 27 heavy (non-hydrogen) atoms. The Labute approximate surface area is 162 Å². The summed E-state index contributed by atoms with van der Waals surface area (Å²) in [6.45, 7) is 5.19. The fourth-order valence-electron chi connectivity index (χ4n) is 3.72. The lowest BCUT2D eigenvalue weighted by atomic mass is 10.0. The zero-order chi connectivity index (χ0) is 18.8. The van der Waals surface area contributed by atoms with Gasteiger partial charge in [0.25, 0.3) is 0 Å². The summed E-state index contributed by atoms with van der Waals surface area (Å²) >= 11 is 1.63. The lowest BCUT2D eigenvalue weighted by molar-refractivity contribution is -0.133. The standard InChI is InChI=1S/C20H23N5OS/c1-14-22-23-19-12-24(20(26)9-8-17-13-27-15(2)21-17)11-18(25(14)19)10-16-6-4-3-5-7-16/h3-7,13,18H,8-12H2,1-2H3/t18-/m1/s1. The molecular formula is C20H23N5OS. The monoisotopic (exact) mass is 381 g/mol. The van der Waals surface area contributed by atoms with Crippen LogP contribution in [-0.4, -0.2) is 37.1 Å². The van der Waals surface area contributed by atoms with Crippen molar-refractivity contribution in [3.63, 3.8) is 0 Å². The highest BCUT2D eigenvalue weighted by molar-refractivity contribution is 7.09. The van der Waals surface area contributed by atoms with Gasteiger partial charge in [-0.1, -0.05) is 30.3 Å². The Balaban J connectivity index is 1.49. The molecule has 0 unspecified atom stereocenters. The molecule has 3 heterocycles. The van der Waals surface area contributed by atoms with Crippen molar-refractivity contribution in [2.24, 2.45) is 0 Å². The van der Waals surface area contributed by atoms with Crippen molar-refractivity contribution >= 4 is 17.2 Å². The minimum Gasteiger partial charge on any atom is -0.333 e. The molecule has 4 rings (SSSR count). The molecule has 1 aliphatic heterocycles. The molecule has 0 bridgehead atoms. The van der Waals surface area contributed by atoms with Gasteiger partial charge in [-0.05, 0) is 32.3 Å². The van der Waals surface area contributed by atoms with Crippen molar-refractivity contribution in [2.75, 3.05) is 6.54 Å². The number of benzene rings is 1. The summed E-state index contributed by atoms with van der Waals surface area (Å²) in [5, 5.41) is 11.6. The van der Waals surface area contributed by atoms with Gasteiger partial charge in [-0.3, -0.25) is 4.79 Å². The molecule has 1 amide bonds. The molecule has 0 N–H and O–H groups in total. The number of aryl methyl sites for hydroxylation is 3. The highest BCUT2D eigenvalue weighted by atomic mass is 32.1. The maximum Gasteiger partial charge on any atom is 0.223 e. The first-order valence-corrected chi connectivity index (χ1v) is 10.1. The van der Waals surface area contributed by atoms with Crippen molar-refractivity contribution in [3.05, 3.63) is 63.6 Å². The predicted octanol–water partition coefficient (Wildman–Crippen LogP) is 3.11. The lowest BCUT2D eigenvalue weighted by Gasteiger charge is -2.34. The second-order valence-corrected chi connectivity index (χ2v) is 8.07. The quantitative estimate of drug-likeness (QED) is 0.681. The van der Waals surface area contributed by atoms with Gasteiger partial charge in [0.1, 0.15) is 5.82 Å². The summed E-state index contributed by atoms with van der Waals surface area (Å²) in [6, 6.07) is 10.6. The van der Waals surface area contributed by atoms with Crippen molar-refractivity contribution in [1.82, 2.24) is 24.6 Å². The van der Waals surface area contributed by atoms with E-state index in [2.05, 4.69) is 44.0 Å². The second kappa shape index (κ2) is 7.60. The predicted molar refractivity (Wildman–Crippen MR) is 105 cm³/mol. The van der Waals surface area contributed by atoms with Gasteiger partial charge in [0.15, 0.2) is 5.82 Å². The smallest absolute Gasteiger partial charge is 0.223 e. The van der Waals surface area contributed by atoms with E-state index in [1.165, 1.54) is 5.56 Å². The third kappa shape index (κ3) is 3.93. The van der Waals surface area contributed by atoms with E-state index >= 15 is 0 Å². The minimum atomic E-state index is 0.158. The van der Waals surface area contributed by atoms with Crippen molar-refractivity contribution in [3.8, 4) is 0 Å². The van der Waals surface area contributed by atoms with Gasteiger partial charge in [-0.2, -0.15) is 0 Å². The van der Waals surface area contributed by atoms with E-state index in [1.54, 1.807) is 11.3 Å². The molecular weight excluding hydrogens is 358 g/mol. The number of carbonyl (C=O) groups excluding carboxylic acids is 1. The minimum absolute atomic E-state index is 0.158. The zero-order valence-electron chi connectivity index (χ0n) is 15.6. The molecule has 0 radical (unpaired) electrons. The Bertz CT molecular complexity index is 933. The topological polar surface area (TPSA) is 63.9 Å². The number of rotatable bonds is 5. The number of hydrogen-bond donors (Lipinski definition) is 0. The van der Waals surface area contributed by atoms with E-state index in [0.717, 1.165) is 28.8 Å². The van der Waals surface area contributed by atoms with Crippen LogP contribution in [0.4, 0.5) is 0 Å². The third-order valence-electron chi connectivity index (χ3n) is 4.99. The van der Waals surface area contributed by atoms with Crippen molar-refractivity contribution < 1.29 is 4.79 Å². The van der Waals surface area contributed by atoms with Crippen LogP contribution in [0.3, 0.4) is 0 Å². The molecule has 0 spiro atoms. The first-order valence-electron chi connectivity index (χ1n) is 9.23. The van der Waals surface area contributed by atoms with Gasteiger partial charge in [0, 0.05) is 18.3 Å². The number of nitrogens with zero attached hydrogens (tertiary/aromatic N) is 5. The van der Waals surface area contributed by atoms with Gasteiger partial charge in [0.2, 0.25) is 5.91 Å². The Morgan fingerprint density at radius 3 is 2.78 bits per heavy atom. The van der Waals surface area contributed by atoms with Crippen LogP contribution in [0, 0.1) is 13.8 Å².